The molecule has 1 N–H and O–H groups in total. The van der Waals surface area contributed by atoms with E-state index in [9.17, 15) is 0 Å². The van der Waals surface area contributed by atoms with Gasteiger partial charge < -0.3 is 14.3 Å². The lowest BCUT2D eigenvalue weighted by molar-refractivity contribution is 0.00578. The number of hydrogen-bond acceptors (Lipinski definition) is 2. The van der Waals surface area contributed by atoms with E-state index in [-0.39, 0.29) is 18.3 Å². The van der Waals surface area contributed by atoms with Gasteiger partial charge in [-0.15, -0.1) is 0 Å². The zero-order valence-electron chi connectivity index (χ0n) is 12.4. The number of nitrogens with one attached hydrogen (secondary N) is 1. The topological polar surface area (TPSA) is 34.2 Å². The molecule has 2 aromatic rings. The minimum Gasteiger partial charge on any atom is -0.400 e. The van der Waals surface area contributed by atoms with Crippen molar-refractivity contribution in [3.63, 3.8) is 0 Å². The number of aromatic nitrogens is 1. The highest BCUT2D eigenvalue weighted by Crippen LogP contribution is 2.37. The van der Waals surface area contributed by atoms with Crippen molar-refractivity contribution in [2.45, 2.75) is 38.9 Å². The number of H-pyrrole nitrogens is 1. The van der Waals surface area contributed by atoms with Crippen molar-refractivity contribution < 1.29 is 9.31 Å². The fourth-order valence-corrected chi connectivity index (χ4v) is 2.33. The fraction of sp³-hybridized carbons (Fsp3) is 0.375. The van der Waals surface area contributed by atoms with E-state index in [1.165, 1.54) is 5.39 Å². The van der Waals surface area contributed by atoms with Gasteiger partial charge in [0.2, 0.25) is 0 Å². The van der Waals surface area contributed by atoms with E-state index in [4.69, 9.17) is 9.31 Å². The molecule has 0 aliphatic carbocycles. The molecule has 2 heterocycles. The Morgan fingerprint density at radius 1 is 1.05 bits per heavy atom. The smallest absolute Gasteiger partial charge is 0.400 e. The summed E-state index contributed by atoms with van der Waals surface area (Å²) in [4.78, 5) is 3.22. The lowest BCUT2D eigenvalue weighted by atomic mass is 9.89. The third kappa shape index (κ3) is 2.30. The van der Waals surface area contributed by atoms with Crippen molar-refractivity contribution in [1.82, 2.24) is 4.98 Å². The molecule has 0 unspecified atom stereocenters. The maximum atomic E-state index is 5.94. The zero-order chi connectivity index (χ0) is 14.4. The van der Waals surface area contributed by atoms with Crippen LogP contribution < -0.4 is 0 Å². The summed E-state index contributed by atoms with van der Waals surface area (Å²) < 4.78 is 11.9. The number of aromatic amines is 1. The molecule has 0 amide bonds. The van der Waals surface area contributed by atoms with E-state index in [1.54, 1.807) is 0 Å². The van der Waals surface area contributed by atoms with E-state index in [2.05, 4.69) is 56.9 Å². The molecular formula is C16H20BNO2. The first-order valence-corrected chi connectivity index (χ1v) is 6.98. The average Bonchev–Trinajstić information content (AvgIpc) is 2.89. The van der Waals surface area contributed by atoms with Crippen LogP contribution >= 0.6 is 0 Å². The summed E-state index contributed by atoms with van der Waals surface area (Å²) in [7, 11) is -0.292. The van der Waals surface area contributed by atoms with E-state index in [1.807, 2.05) is 18.2 Å². The Hall–Kier alpha value is -1.52. The van der Waals surface area contributed by atoms with Gasteiger partial charge in [0.25, 0.3) is 0 Å². The molecule has 20 heavy (non-hydrogen) atoms. The summed E-state index contributed by atoms with van der Waals surface area (Å²) >= 11 is 0. The molecule has 0 atom stereocenters. The Morgan fingerprint density at radius 3 is 2.45 bits per heavy atom. The molecule has 1 aromatic carbocycles. The second-order valence-electron chi connectivity index (χ2n) is 6.31. The van der Waals surface area contributed by atoms with Crippen LogP contribution in [0.1, 0.15) is 33.3 Å². The molecule has 3 rings (SSSR count). The lowest BCUT2D eigenvalue weighted by Crippen LogP contribution is -2.41. The summed E-state index contributed by atoms with van der Waals surface area (Å²) in [6, 6.07) is 8.39. The third-order valence-corrected chi connectivity index (χ3v) is 4.30. The Kier molecular flexibility index (Phi) is 3.03. The van der Waals surface area contributed by atoms with Crippen LogP contribution in [0.2, 0.25) is 0 Å². The van der Waals surface area contributed by atoms with Crippen molar-refractivity contribution in [3.8, 4) is 0 Å². The molecule has 1 saturated heterocycles. The molecule has 1 aliphatic heterocycles. The van der Waals surface area contributed by atoms with Gasteiger partial charge in [-0.05, 0) is 50.8 Å². The first-order valence-electron chi connectivity index (χ1n) is 6.98. The SMILES string of the molecule is CC1(C)OB(/C=C/c2ccc3cc[nH]c3c2)OC1(C)C. The number of rotatable bonds is 2. The minimum atomic E-state index is -0.292. The van der Waals surface area contributed by atoms with Gasteiger partial charge in [-0.2, -0.15) is 0 Å². The first-order chi connectivity index (χ1) is 9.37. The second kappa shape index (κ2) is 4.50. The summed E-state index contributed by atoms with van der Waals surface area (Å²) in [6.07, 6.45) is 3.99. The van der Waals surface area contributed by atoms with Gasteiger partial charge >= 0.3 is 7.12 Å². The molecule has 0 saturated carbocycles. The number of benzene rings is 1. The molecule has 104 valence electrons. The molecule has 0 bridgehead atoms. The van der Waals surface area contributed by atoms with Crippen LogP contribution in [0.3, 0.4) is 0 Å². The summed E-state index contributed by atoms with van der Waals surface area (Å²) in [6.45, 7) is 8.25. The molecule has 3 nitrogen and oxygen atoms in total. The molecule has 0 spiro atoms. The maximum absolute atomic E-state index is 5.94. The van der Waals surface area contributed by atoms with Crippen molar-refractivity contribution in [3.05, 3.63) is 42.0 Å². The first kappa shape index (κ1) is 13.5. The van der Waals surface area contributed by atoms with Gasteiger partial charge in [0.05, 0.1) is 11.2 Å². The molecule has 4 heteroatoms. The van der Waals surface area contributed by atoms with E-state index < -0.39 is 0 Å². The van der Waals surface area contributed by atoms with Crippen LogP contribution in [0.4, 0.5) is 0 Å². The van der Waals surface area contributed by atoms with Gasteiger partial charge in [0.1, 0.15) is 0 Å². The lowest BCUT2D eigenvalue weighted by Gasteiger charge is -2.32. The molecule has 1 aliphatic rings. The Morgan fingerprint density at radius 2 is 1.75 bits per heavy atom. The van der Waals surface area contributed by atoms with Gasteiger partial charge in [0, 0.05) is 11.7 Å². The molecule has 1 aromatic heterocycles. The molecular weight excluding hydrogens is 249 g/mol. The van der Waals surface area contributed by atoms with Crippen LogP contribution in [0.5, 0.6) is 0 Å². The quantitative estimate of drug-likeness (QED) is 0.841. The fourth-order valence-electron chi connectivity index (χ4n) is 2.33. The molecule has 0 radical (unpaired) electrons. The third-order valence-electron chi connectivity index (χ3n) is 4.30. The van der Waals surface area contributed by atoms with Gasteiger partial charge in [0.15, 0.2) is 0 Å². The highest BCUT2D eigenvalue weighted by molar-refractivity contribution is 6.52. The van der Waals surface area contributed by atoms with E-state index in [0.29, 0.717) is 0 Å². The largest absolute Gasteiger partial charge is 0.487 e. The van der Waals surface area contributed by atoms with Crippen LogP contribution in [0, 0.1) is 0 Å². The van der Waals surface area contributed by atoms with Crippen LogP contribution in [0.15, 0.2) is 36.4 Å². The standard InChI is InChI=1S/C16H20BNO2/c1-15(2)16(3,4)20-17(19-15)9-7-12-5-6-13-8-10-18-14(13)11-12/h5-11,18H,1-4H3/b9-7+. The van der Waals surface area contributed by atoms with E-state index in [0.717, 1.165) is 11.1 Å². The van der Waals surface area contributed by atoms with Crippen LogP contribution in [-0.4, -0.2) is 23.3 Å². The van der Waals surface area contributed by atoms with Crippen molar-refractivity contribution in [1.29, 1.82) is 0 Å². The van der Waals surface area contributed by atoms with E-state index >= 15 is 0 Å². The van der Waals surface area contributed by atoms with Crippen LogP contribution in [0.25, 0.3) is 17.0 Å². The van der Waals surface area contributed by atoms with Crippen molar-refractivity contribution in [2.24, 2.45) is 0 Å². The predicted octanol–water partition coefficient (Wildman–Crippen LogP) is 3.81. The summed E-state index contributed by atoms with van der Waals surface area (Å²) in [5, 5.41) is 1.22. The number of fused-ring (bicyclic) bond motifs is 1. The van der Waals surface area contributed by atoms with Crippen molar-refractivity contribution in [2.75, 3.05) is 0 Å². The van der Waals surface area contributed by atoms with Gasteiger partial charge in [-0.1, -0.05) is 24.2 Å². The summed E-state index contributed by atoms with van der Waals surface area (Å²) in [5.74, 6) is 1.97. The van der Waals surface area contributed by atoms with Gasteiger partial charge in [-0.3, -0.25) is 0 Å². The van der Waals surface area contributed by atoms with Gasteiger partial charge in [-0.25, -0.2) is 0 Å². The monoisotopic (exact) mass is 269 g/mol. The Balaban J connectivity index is 1.78. The van der Waals surface area contributed by atoms with Crippen LogP contribution in [-0.2, 0) is 9.31 Å². The predicted molar refractivity (Wildman–Crippen MR) is 83.4 cm³/mol. The normalized spacial score (nSPS) is 21.1. The highest BCUT2D eigenvalue weighted by atomic mass is 16.7. The number of hydrogen-bond donors (Lipinski definition) is 1. The maximum Gasteiger partial charge on any atom is 0.487 e. The Labute approximate surface area is 120 Å². The summed E-state index contributed by atoms with van der Waals surface area (Å²) in [5.41, 5.74) is 1.70. The zero-order valence-corrected chi connectivity index (χ0v) is 12.4. The Bertz CT molecular complexity index is 641. The highest BCUT2D eigenvalue weighted by Gasteiger charge is 2.49. The van der Waals surface area contributed by atoms with Crippen molar-refractivity contribution >= 4 is 24.1 Å². The molecule has 1 fully saturated rings. The average molecular weight is 269 g/mol. The minimum absolute atomic E-state index is 0.286. The second-order valence-corrected chi connectivity index (χ2v) is 6.31.